The minimum atomic E-state index is -4.14. The summed E-state index contributed by atoms with van der Waals surface area (Å²) in [6.07, 6.45) is -0.810. The highest BCUT2D eigenvalue weighted by Gasteiger charge is 2.39. The molecule has 3 aromatic carbocycles. The van der Waals surface area contributed by atoms with Crippen molar-refractivity contribution < 1.29 is 27.5 Å². The van der Waals surface area contributed by atoms with E-state index in [4.69, 9.17) is 9.47 Å². The Labute approximate surface area is 215 Å². The Hall–Kier alpha value is -4.11. The minimum absolute atomic E-state index is 0.0729. The second-order valence-electron chi connectivity index (χ2n) is 9.72. The van der Waals surface area contributed by atoms with Crippen LogP contribution in [0.1, 0.15) is 36.7 Å². The average molecular weight is 519 g/mol. The summed E-state index contributed by atoms with van der Waals surface area (Å²) in [6.45, 7) is 5.08. The molecule has 2 amide bonds. The molecule has 0 fully saturated rings. The zero-order valence-electron chi connectivity index (χ0n) is 20.9. The summed E-state index contributed by atoms with van der Waals surface area (Å²) in [4.78, 5) is 28.4. The van der Waals surface area contributed by atoms with Crippen molar-refractivity contribution in [3.8, 4) is 17.0 Å². The summed E-state index contributed by atoms with van der Waals surface area (Å²) in [7, 11) is -2.66. The van der Waals surface area contributed by atoms with Gasteiger partial charge in [-0.1, -0.05) is 42.5 Å². The van der Waals surface area contributed by atoms with Gasteiger partial charge in [-0.2, -0.15) is 0 Å². The molecule has 9 heteroatoms. The van der Waals surface area contributed by atoms with Crippen molar-refractivity contribution in [2.45, 2.75) is 37.8 Å². The van der Waals surface area contributed by atoms with E-state index in [1.54, 1.807) is 81.4 Å². The van der Waals surface area contributed by atoms with Crippen molar-refractivity contribution in [3.63, 3.8) is 0 Å². The quantitative estimate of drug-likeness (QED) is 0.358. The standard InChI is InChI=1S/C28H26N2O6S/c1-28(2,3)36-27(32)29-17-18-10-8-9-13-21(18)25-24(26(29)31)22-16-19(35-4)14-15-23(22)30(25)37(33,34)20-11-6-5-7-12-20/h5-16H,17H2,1-4H3. The molecule has 0 N–H and O–H groups in total. The van der Waals surface area contributed by atoms with Gasteiger partial charge < -0.3 is 9.47 Å². The van der Waals surface area contributed by atoms with Crippen LogP contribution in [-0.4, -0.2) is 42.0 Å². The van der Waals surface area contributed by atoms with Crippen molar-refractivity contribution >= 4 is 32.9 Å². The number of aromatic nitrogens is 1. The number of benzene rings is 3. The lowest BCUT2D eigenvalue weighted by molar-refractivity contribution is 0.0230. The number of imide groups is 1. The first-order valence-electron chi connectivity index (χ1n) is 11.7. The summed E-state index contributed by atoms with van der Waals surface area (Å²) in [6, 6.07) is 20.0. The smallest absolute Gasteiger partial charge is 0.417 e. The Kier molecular flexibility index (Phi) is 5.83. The maximum atomic E-state index is 14.1. The highest BCUT2D eigenvalue weighted by molar-refractivity contribution is 7.90. The Morgan fingerprint density at radius 1 is 0.946 bits per heavy atom. The van der Waals surface area contributed by atoms with Gasteiger partial charge in [0, 0.05) is 10.9 Å². The van der Waals surface area contributed by atoms with Crippen molar-refractivity contribution in [2.75, 3.05) is 7.11 Å². The van der Waals surface area contributed by atoms with Gasteiger partial charge in [0.1, 0.15) is 11.4 Å². The molecule has 5 rings (SSSR count). The molecule has 0 unspecified atom stereocenters. The summed E-state index contributed by atoms with van der Waals surface area (Å²) in [5, 5.41) is 0.351. The SMILES string of the molecule is COc1ccc2c(c1)c1c(n2S(=O)(=O)c2ccccc2)-c2ccccc2CN(C(=O)OC(C)(C)C)C1=O. The van der Waals surface area contributed by atoms with Crippen LogP contribution in [0, 0.1) is 0 Å². The van der Waals surface area contributed by atoms with Gasteiger partial charge in [-0.25, -0.2) is 22.1 Å². The van der Waals surface area contributed by atoms with Gasteiger partial charge in [-0.15, -0.1) is 0 Å². The van der Waals surface area contributed by atoms with Crippen LogP contribution in [0.5, 0.6) is 5.75 Å². The van der Waals surface area contributed by atoms with Gasteiger partial charge in [-0.05, 0) is 56.7 Å². The highest BCUT2D eigenvalue weighted by Crippen LogP contribution is 2.42. The third-order valence-electron chi connectivity index (χ3n) is 6.09. The molecule has 190 valence electrons. The first kappa shape index (κ1) is 24.6. The topological polar surface area (TPSA) is 94.9 Å². The third-order valence-corrected chi connectivity index (χ3v) is 7.81. The Morgan fingerprint density at radius 3 is 2.30 bits per heavy atom. The predicted octanol–water partition coefficient (Wildman–Crippen LogP) is 5.44. The third kappa shape index (κ3) is 4.15. The Morgan fingerprint density at radius 2 is 1.62 bits per heavy atom. The summed E-state index contributed by atoms with van der Waals surface area (Å²) in [5.74, 6) is -0.209. The number of ether oxygens (including phenoxy) is 2. The fourth-order valence-electron chi connectivity index (χ4n) is 4.51. The molecule has 0 saturated heterocycles. The molecule has 0 bridgehead atoms. The number of hydrogen-bond donors (Lipinski definition) is 0. The second kappa shape index (κ2) is 8.77. The number of rotatable bonds is 3. The molecule has 2 heterocycles. The van der Waals surface area contributed by atoms with Crippen LogP contribution in [0.3, 0.4) is 0 Å². The molecule has 1 aliphatic rings. The normalized spacial score (nSPS) is 13.6. The largest absolute Gasteiger partial charge is 0.497 e. The van der Waals surface area contributed by atoms with E-state index in [-0.39, 0.29) is 22.7 Å². The van der Waals surface area contributed by atoms with Crippen LogP contribution in [0.25, 0.3) is 22.2 Å². The molecule has 4 aromatic rings. The Balaban J connectivity index is 1.89. The zero-order chi connectivity index (χ0) is 26.5. The lowest BCUT2D eigenvalue weighted by Gasteiger charge is -2.25. The molecule has 1 aromatic heterocycles. The molecule has 37 heavy (non-hydrogen) atoms. The number of methoxy groups -OCH3 is 1. The van der Waals surface area contributed by atoms with Gasteiger partial charge in [0.05, 0.1) is 35.3 Å². The molecule has 0 saturated carbocycles. The number of nitrogens with zero attached hydrogens (tertiary/aromatic N) is 2. The van der Waals surface area contributed by atoms with Crippen LogP contribution >= 0.6 is 0 Å². The molecular weight excluding hydrogens is 492 g/mol. The van der Waals surface area contributed by atoms with Crippen molar-refractivity contribution in [2.24, 2.45) is 0 Å². The van der Waals surface area contributed by atoms with Crippen LogP contribution in [0.4, 0.5) is 4.79 Å². The summed E-state index contributed by atoms with van der Waals surface area (Å²) < 4.78 is 40.3. The first-order valence-corrected chi connectivity index (χ1v) is 13.1. The fourth-order valence-corrected chi connectivity index (χ4v) is 6.07. The molecule has 1 aliphatic heterocycles. The predicted molar refractivity (Wildman–Crippen MR) is 139 cm³/mol. The zero-order valence-corrected chi connectivity index (χ0v) is 21.7. The first-order chi connectivity index (χ1) is 17.5. The van der Waals surface area contributed by atoms with E-state index in [0.717, 1.165) is 4.90 Å². The van der Waals surface area contributed by atoms with Crippen molar-refractivity contribution in [3.05, 3.63) is 83.9 Å². The monoisotopic (exact) mass is 518 g/mol. The molecule has 0 spiro atoms. The Bertz CT molecular complexity index is 1650. The van der Waals surface area contributed by atoms with E-state index in [2.05, 4.69) is 0 Å². The van der Waals surface area contributed by atoms with Gasteiger partial charge in [0.2, 0.25) is 0 Å². The molecule has 0 atom stereocenters. The lowest BCUT2D eigenvalue weighted by Crippen LogP contribution is -2.39. The second-order valence-corrected chi connectivity index (χ2v) is 11.5. The molecule has 8 nitrogen and oxygen atoms in total. The number of carbonyl (C=O) groups excluding carboxylic acids is 2. The van der Waals surface area contributed by atoms with Gasteiger partial charge in [0.25, 0.3) is 15.9 Å². The number of amides is 2. The highest BCUT2D eigenvalue weighted by atomic mass is 32.2. The maximum Gasteiger partial charge on any atom is 0.417 e. The summed E-state index contributed by atoms with van der Waals surface area (Å²) >= 11 is 0. The van der Waals surface area contributed by atoms with E-state index < -0.39 is 27.6 Å². The van der Waals surface area contributed by atoms with E-state index in [9.17, 15) is 18.0 Å². The lowest BCUT2D eigenvalue weighted by atomic mass is 10.0. The van der Waals surface area contributed by atoms with E-state index >= 15 is 0 Å². The van der Waals surface area contributed by atoms with E-state index in [0.29, 0.717) is 27.8 Å². The number of fused-ring (bicyclic) bond motifs is 5. The number of hydrogen-bond acceptors (Lipinski definition) is 6. The van der Waals surface area contributed by atoms with Crippen LogP contribution in [0.2, 0.25) is 0 Å². The molecular formula is C28H26N2O6S. The molecule has 0 aliphatic carbocycles. The average Bonchev–Trinajstić information content (AvgIpc) is 3.15. The summed E-state index contributed by atoms with van der Waals surface area (Å²) in [5.41, 5.74) is 0.887. The minimum Gasteiger partial charge on any atom is -0.497 e. The van der Waals surface area contributed by atoms with Crippen molar-refractivity contribution in [1.82, 2.24) is 8.87 Å². The van der Waals surface area contributed by atoms with E-state index in [1.807, 2.05) is 0 Å². The van der Waals surface area contributed by atoms with Crippen LogP contribution in [-0.2, 0) is 21.3 Å². The van der Waals surface area contributed by atoms with Gasteiger partial charge >= 0.3 is 6.09 Å². The van der Waals surface area contributed by atoms with Crippen molar-refractivity contribution in [1.29, 1.82) is 0 Å². The number of carbonyl (C=O) groups is 2. The molecule has 0 radical (unpaired) electrons. The van der Waals surface area contributed by atoms with Gasteiger partial charge in [0.15, 0.2) is 0 Å². The maximum absolute atomic E-state index is 14.1. The van der Waals surface area contributed by atoms with Gasteiger partial charge in [-0.3, -0.25) is 4.79 Å². The fraction of sp³-hybridized carbons (Fsp3) is 0.214. The van der Waals surface area contributed by atoms with Crippen LogP contribution < -0.4 is 4.74 Å². The van der Waals surface area contributed by atoms with E-state index in [1.165, 1.54) is 23.2 Å². The van der Waals surface area contributed by atoms with Crippen LogP contribution in [0.15, 0.2) is 77.7 Å².